The summed E-state index contributed by atoms with van der Waals surface area (Å²) in [5, 5.41) is 6.64. The molecule has 88 valence electrons. The molecule has 0 aliphatic heterocycles. The van der Waals surface area contributed by atoms with E-state index in [1.807, 2.05) is 18.4 Å². The Morgan fingerprint density at radius 3 is 2.59 bits per heavy atom. The summed E-state index contributed by atoms with van der Waals surface area (Å²) in [6.07, 6.45) is 4.02. The van der Waals surface area contributed by atoms with E-state index in [9.17, 15) is 0 Å². The summed E-state index contributed by atoms with van der Waals surface area (Å²) in [5.41, 5.74) is 3.48. The van der Waals surface area contributed by atoms with E-state index in [-0.39, 0.29) is 0 Å². The third kappa shape index (κ3) is 2.07. The molecule has 0 amide bonds. The second-order valence-corrected chi connectivity index (χ2v) is 5.42. The minimum absolute atomic E-state index is 0.741. The van der Waals surface area contributed by atoms with Crippen LogP contribution in [0.15, 0.2) is 29.6 Å². The van der Waals surface area contributed by atoms with E-state index < -0.39 is 0 Å². The molecular formula is C14H16N2S. The monoisotopic (exact) mass is 244 g/mol. The van der Waals surface area contributed by atoms with Crippen LogP contribution in [0, 0.1) is 0 Å². The second-order valence-electron chi connectivity index (χ2n) is 4.53. The van der Waals surface area contributed by atoms with Crippen molar-refractivity contribution in [1.29, 1.82) is 0 Å². The Bertz CT molecular complexity index is 497. The zero-order chi connectivity index (χ0) is 11.7. The van der Waals surface area contributed by atoms with Crippen molar-refractivity contribution in [3.05, 3.63) is 34.7 Å². The topological polar surface area (TPSA) is 24.9 Å². The number of anilines is 1. The number of nitrogens with one attached hydrogen (secondary N) is 1. The van der Waals surface area contributed by atoms with Gasteiger partial charge in [-0.1, -0.05) is 18.6 Å². The van der Waals surface area contributed by atoms with Crippen LogP contribution < -0.4 is 5.32 Å². The van der Waals surface area contributed by atoms with Gasteiger partial charge in [-0.3, -0.25) is 0 Å². The molecule has 0 bridgehead atoms. The first-order valence-electron chi connectivity index (χ1n) is 6.10. The van der Waals surface area contributed by atoms with Crippen molar-refractivity contribution in [3.63, 3.8) is 0 Å². The number of hydrogen-bond acceptors (Lipinski definition) is 3. The number of nitrogens with zero attached hydrogens (tertiary/aromatic N) is 1. The van der Waals surface area contributed by atoms with E-state index in [1.165, 1.54) is 29.8 Å². The third-order valence-electron chi connectivity index (χ3n) is 3.45. The minimum atomic E-state index is 0.741. The van der Waals surface area contributed by atoms with Crippen LogP contribution in [-0.2, 0) is 0 Å². The summed E-state index contributed by atoms with van der Waals surface area (Å²) in [6.45, 7) is 0. The van der Waals surface area contributed by atoms with Crippen LogP contribution in [0.2, 0.25) is 0 Å². The van der Waals surface area contributed by atoms with Crippen molar-refractivity contribution in [2.75, 3.05) is 12.4 Å². The first-order valence-corrected chi connectivity index (χ1v) is 6.98. The number of hydrogen-bond donors (Lipinski definition) is 1. The lowest BCUT2D eigenvalue weighted by Crippen LogP contribution is -2.07. The Balaban J connectivity index is 1.84. The van der Waals surface area contributed by atoms with Crippen molar-refractivity contribution in [1.82, 2.24) is 4.98 Å². The van der Waals surface area contributed by atoms with E-state index >= 15 is 0 Å². The lowest BCUT2D eigenvalue weighted by molar-refractivity contribution is 0.418. The molecule has 3 rings (SSSR count). The van der Waals surface area contributed by atoms with Crippen LogP contribution in [0.4, 0.5) is 5.69 Å². The van der Waals surface area contributed by atoms with E-state index in [2.05, 4.69) is 35.0 Å². The first kappa shape index (κ1) is 10.8. The summed E-state index contributed by atoms with van der Waals surface area (Å²) < 4.78 is 0. The Labute approximate surface area is 106 Å². The van der Waals surface area contributed by atoms with Gasteiger partial charge in [0.05, 0.1) is 10.7 Å². The highest BCUT2D eigenvalue weighted by Crippen LogP contribution is 2.39. The highest BCUT2D eigenvalue weighted by molar-refractivity contribution is 7.10. The number of aromatic nitrogens is 1. The van der Waals surface area contributed by atoms with Crippen LogP contribution in [0.3, 0.4) is 0 Å². The summed E-state index contributed by atoms with van der Waals surface area (Å²) in [4.78, 5) is 4.76. The van der Waals surface area contributed by atoms with Gasteiger partial charge in [-0.2, -0.15) is 0 Å². The smallest absolute Gasteiger partial charge is 0.0963 e. The average molecular weight is 244 g/mol. The van der Waals surface area contributed by atoms with E-state index in [4.69, 9.17) is 4.98 Å². The number of thiazole rings is 1. The van der Waals surface area contributed by atoms with Crippen LogP contribution in [-0.4, -0.2) is 12.0 Å². The molecule has 1 heterocycles. The number of rotatable bonds is 3. The average Bonchev–Trinajstić information content (AvgIpc) is 2.76. The Morgan fingerprint density at radius 2 is 2.00 bits per heavy atom. The Hall–Kier alpha value is -1.35. The van der Waals surface area contributed by atoms with Gasteiger partial charge in [0.2, 0.25) is 0 Å². The van der Waals surface area contributed by atoms with Crippen molar-refractivity contribution in [2.24, 2.45) is 0 Å². The van der Waals surface area contributed by atoms with Crippen molar-refractivity contribution < 1.29 is 0 Å². The standard InChI is InChI=1S/C14H16N2S/c1-15-12-7-5-10(6-8-12)13-9-17-14(16-13)11-3-2-4-11/h5-9,11,15H,2-4H2,1H3. The quantitative estimate of drug-likeness (QED) is 0.878. The maximum absolute atomic E-state index is 4.76. The molecule has 2 aromatic rings. The lowest BCUT2D eigenvalue weighted by Gasteiger charge is -2.22. The summed E-state index contributed by atoms with van der Waals surface area (Å²) >= 11 is 1.81. The molecular weight excluding hydrogens is 228 g/mol. The van der Waals surface area contributed by atoms with Gasteiger partial charge in [0.1, 0.15) is 0 Å². The lowest BCUT2D eigenvalue weighted by atomic mass is 9.86. The maximum atomic E-state index is 4.76. The molecule has 1 fully saturated rings. The SMILES string of the molecule is CNc1ccc(-c2csc(C3CCC3)n2)cc1. The van der Waals surface area contributed by atoms with Crippen LogP contribution in [0.5, 0.6) is 0 Å². The van der Waals surface area contributed by atoms with Crippen LogP contribution >= 0.6 is 11.3 Å². The van der Waals surface area contributed by atoms with Crippen molar-refractivity contribution in [3.8, 4) is 11.3 Å². The molecule has 0 unspecified atom stereocenters. The van der Waals surface area contributed by atoms with E-state index in [1.54, 1.807) is 0 Å². The van der Waals surface area contributed by atoms with Gasteiger partial charge >= 0.3 is 0 Å². The molecule has 3 heteroatoms. The van der Waals surface area contributed by atoms with Gasteiger partial charge < -0.3 is 5.32 Å². The molecule has 1 saturated carbocycles. The fraction of sp³-hybridized carbons (Fsp3) is 0.357. The highest BCUT2D eigenvalue weighted by Gasteiger charge is 2.22. The Morgan fingerprint density at radius 1 is 1.24 bits per heavy atom. The maximum Gasteiger partial charge on any atom is 0.0963 e. The van der Waals surface area contributed by atoms with E-state index in [0.29, 0.717) is 0 Å². The van der Waals surface area contributed by atoms with Gasteiger partial charge in [0.25, 0.3) is 0 Å². The molecule has 1 N–H and O–H groups in total. The fourth-order valence-corrected chi connectivity index (χ4v) is 3.07. The van der Waals surface area contributed by atoms with Crippen molar-refractivity contribution in [2.45, 2.75) is 25.2 Å². The second kappa shape index (κ2) is 4.49. The predicted molar refractivity (Wildman–Crippen MR) is 73.7 cm³/mol. The third-order valence-corrected chi connectivity index (χ3v) is 4.45. The van der Waals surface area contributed by atoms with Gasteiger partial charge in [-0.05, 0) is 25.0 Å². The summed E-state index contributed by atoms with van der Waals surface area (Å²) in [5.74, 6) is 0.741. The fourth-order valence-electron chi connectivity index (χ4n) is 2.07. The van der Waals surface area contributed by atoms with Gasteiger partial charge in [0.15, 0.2) is 0 Å². The predicted octanol–water partition coefficient (Wildman–Crippen LogP) is 4.12. The highest BCUT2D eigenvalue weighted by atomic mass is 32.1. The molecule has 0 spiro atoms. The minimum Gasteiger partial charge on any atom is -0.388 e. The van der Waals surface area contributed by atoms with Gasteiger partial charge in [-0.25, -0.2) is 4.98 Å². The molecule has 0 atom stereocenters. The molecule has 0 saturated heterocycles. The summed E-state index contributed by atoms with van der Waals surface area (Å²) in [6, 6.07) is 8.45. The zero-order valence-corrected chi connectivity index (χ0v) is 10.8. The number of benzene rings is 1. The molecule has 1 aliphatic rings. The normalized spacial score (nSPS) is 15.6. The first-order chi connectivity index (χ1) is 8.36. The van der Waals surface area contributed by atoms with Crippen molar-refractivity contribution >= 4 is 17.0 Å². The Kier molecular flexibility index (Phi) is 2.85. The molecule has 1 aromatic heterocycles. The molecule has 2 nitrogen and oxygen atoms in total. The molecule has 1 aromatic carbocycles. The molecule has 1 aliphatic carbocycles. The van der Waals surface area contributed by atoms with Crippen LogP contribution in [0.1, 0.15) is 30.2 Å². The molecule has 0 radical (unpaired) electrons. The van der Waals surface area contributed by atoms with Crippen LogP contribution in [0.25, 0.3) is 11.3 Å². The summed E-state index contributed by atoms with van der Waals surface area (Å²) in [7, 11) is 1.94. The van der Waals surface area contributed by atoms with Gasteiger partial charge in [-0.15, -0.1) is 11.3 Å². The van der Waals surface area contributed by atoms with Gasteiger partial charge in [0, 0.05) is 29.6 Å². The largest absolute Gasteiger partial charge is 0.388 e. The molecule has 17 heavy (non-hydrogen) atoms. The zero-order valence-electron chi connectivity index (χ0n) is 9.94. The van der Waals surface area contributed by atoms with E-state index in [0.717, 1.165) is 17.3 Å².